The van der Waals surface area contributed by atoms with Crippen LogP contribution >= 0.6 is 0 Å². The summed E-state index contributed by atoms with van der Waals surface area (Å²) in [7, 11) is 1.63. The third kappa shape index (κ3) is 3.27. The maximum absolute atomic E-state index is 5.47. The Morgan fingerprint density at radius 1 is 1.04 bits per heavy atom. The fourth-order valence-corrected chi connectivity index (χ4v) is 2.70. The zero-order valence-corrected chi connectivity index (χ0v) is 14.2. The zero-order chi connectivity index (χ0) is 17.8. The van der Waals surface area contributed by atoms with E-state index >= 15 is 0 Å². The molecule has 0 unspecified atom stereocenters. The van der Waals surface area contributed by atoms with E-state index in [9.17, 15) is 0 Å². The summed E-state index contributed by atoms with van der Waals surface area (Å²) in [6, 6.07) is 16.0. The Morgan fingerprint density at radius 3 is 2.69 bits per heavy atom. The Morgan fingerprint density at radius 2 is 1.92 bits per heavy atom. The van der Waals surface area contributed by atoms with Crippen molar-refractivity contribution in [1.82, 2.24) is 19.9 Å². The van der Waals surface area contributed by atoms with Crippen LogP contribution in [0.1, 0.15) is 5.56 Å². The molecule has 0 amide bonds. The predicted molar refractivity (Wildman–Crippen MR) is 102 cm³/mol. The third-order valence-corrected chi connectivity index (χ3v) is 3.94. The van der Waals surface area contributed by atoms with Gasteiger partial charge in [0.25, 0.3) is 0 Å². The minimum Gasteiger partial charge on any atom is -0.494 e. The number of hydrogen-bond acceptors (Lipinski definition) is 6. The van der Waals surface area contributed by atoms with Gasteiger partial charge in [0.05, 0.1) is 7.11 Å². The number of nitrogens with zero attached hydrogens (tertiary/aromatic N) is 3. The van der Waals surface area contributed by atoms with Crippen LogP contribution in [0, 0.1) is 0 Å². The summed E-state index contributed by atoms with van der Waals surface area (Å²) in [6.07, 6.45) is 3.40. The Hall–Kier alpha value is -3.61. The molecule has 0 spiro atoms. The number of nitrogens with one attached hydrogen (secondary N) is 3. The van der Waals surface area contributed by atoms with Crippen LogP contribution in [0.25, 0.3) is 10.9 Å². The fourth-order valence-electron chi connectivity index (χ4n) is 2.70. The lowest BCUT2D eigenvalue weighted by Gasteiger charge is -2.13. The normalized spacial score (nSPS) is 10.7. The molecule has 0 fully saturated rings. The molecule has 0 atom stereocenters. The van der Waals surface area contributed by atoms with E-state index in [1.807, 2.05) is 36.4 Å². The van der Waals surface area contributed by atoms with Gasteiger partial charge in [-0.1, -0.05) is 36.4 Å². The Labute approximate surface area is 150 Å². The van der Waals surface area contributed by atoms with Gasteiger partial charge in [-0.3, -0.25) is 5.32 Å². The topological polar surface area (TPSA) is 87.8 Å². The van der Waals surface area contributed by atoms with Gasteiger partial charge in [-0.15, -0.1) is 0 Å². The quantitative estimate of drug-likeness (QED) is 0.493. The molecular formula is C19H18N6O. The molecule has 0 aliphatic carbocycles. The van der Waals surface area contributed by atoms with E-state index in [1.54, 1.807) is 19.5 Å². The molecule has 2 heterocycles. The van der Waals surface area contributed by atoms with Crippen LogP contribution in [0.4, 0.5) is 17.7 Å². The van der Waals surface area contributed by atoms with Gasteiger partial charge in [0, 0.05) is 24.3 Å². The summed E-state index contributed by atoms with van der Waals surface area (Å²) in [4.78, 5) is 16.4. The van der Waals surface area contributed by atoms with Crippen molar-refractivity contribution in [2.75, 3.05) is 17.7 Å². The van der Waals surface area contributed by atoms with Gasteiger partial charge < -0.3 is 15.0 Å². The number of rotatable bonds is 6. The van der Waals surface area contributed by atoms with Crippen molar-refractivity contribution in [3.8, 4) is 5.75 Å². The summed E-state index contributed by atoms with van der Waals surface area (Å²) < 4.78 is 5.47. The number of para-hydroxylation sites is 1. The average molecular weight is 346 g/mol. The van der Waals surface area contributed by atoms with Crippen LogP contribution in [0.3, 0.4) is 0 Å². The first kappa shape index (κ1) is 15.9. The zero-order valence-electron chi connectivity index (χ0n) is 14.2. The number of methoxy groups -OCH3 is 1. The number of aromatic nitrogens is 4. The number of H-pyrrole nitrogens is 1. The Kier molecular flexibility index (Phi) is 4.34. The maximum Gasteiger partial charge on any atom is 0.232 e. The van der Waals surface area contributed by atoms with Crippen molar-refractivity contribution in [2.24, 2.45) is 0 Å². The van der Waals surface area contributed by atoms with Gasteiger partial charge in [0.2, 0.25) is 11.9 Å². The second-order valence-electron chi connectivity index (χ2n) is 5.65. The van der Waals surface area contributed by atoms with Gasteiger partial charge in [0.1, 0.15) is 17.1 Å². The van der Waals surface area contributed by atoms with E-state index in [-0.39, 0.29) is 0 Å². The molecule has 0 saturated heterocycles. The highest BCUT2D eigenvalue weighted by atomic mass is 16.5. The van der Waals surface area contributed by atoms with Crippen molar-refractivity contribution in [3.63, 3.8) is 0 Å². The Bertz CT molecular complexity index is 1000. The lowest BCUT2D eigenvalue weighted by molar-refractivity contribution is 0.419. The van der Waals surface area contributed by atoms with Crippen molar-refractivity contribution < 1.29 is 4.74 Å². The number of anilines is 3. The minimum absolute atomic E-state index is 0.438. The van der Waals surface area contributed by atoms with E-state index in [4.69, 9.17) is 4.74 Å². The maximum atomic E-state index is 5.47. The molecule has 7 heteroatoms. The van der Waals surface area contributed by atoms with Gasteiger partial charge in [-0.05, 0) is 17.7 Å². The molecule has 0 bridgehead atoms. The molecule has 0 aliphatic heterocycles. The number of aromatic amines is 1. The van der Waals surface area contributed by atoms with Gasteiger partial charge in [-0.25, -0.2) is 9.97 Å². The highest BCUT2D eigenvalue weighted by Crippen LogP contribution is 2.30. The van der Waals surface area contributed by atoms with Crippen LogP contribution in [-0.2, 0) is 6.54 Å². The SMILES string of the molecule is COc1cccc2c(NCc3ccccc3)nc(Nc3ncc[nH]3)nc12. The lowest BCUT2D eigenvalue weighted by atomic mass is 10.2. The van der Waals surface area contributed by atoms with Crippen LogP contribution in [0.5, 0.6) is 5.75 Å². The summed E-state index contributed by atoms with van der Waals surface area (Å²) in [6.45, 7) is 0.657. The summed E-state index contributed by atoms with van der Waals surface area (Å²) in [5.74, 6) is 2.43. The molecule has 0 saturated carbocycles. The molecule has 0 radical (unpaired) electrons. The number of benzene rings is 2. The monoisotopic (exact) mass is 346 g/mol. The molecule has 2 aromatic heterocycles. The second-order valence-corrected chi connectivity index (χ2v) is 5.65. The number of imidazole rings is 1. The molecule has 130 valence electrons. The fraction of sp³-hybridized carbons (Fsp3) is 0.105. The van der Waals surface area contributed by atoms with E-state index in [2.05, 4.69) is 42.7 Å². The molecular weight excluding hydrogens is 328 g/mol. The van der Waals surface area contributed by atoms with E-state index in [0.29, 0.717) is 24.2 Å². The third-order valence-electron chi connectivity index (χ3n) is 3.94. The van der Waals surface area contributed by atoms with Crippen LogP contribution < -0.4 is 15.4 Å². The van der Waals surface area contributed by atoms with Crippen LogP contribution in [0.15, 0.2) is 60.9 Å². The predicted octanol–water partition coefficient (Wildman–Crippen LogP) is 3.72. The molecule has 0 aliphatic rings. The smallest absolute Gasteiger partial charge is 0.232 e. The molecule has 3 N–H and O–H groups in total. The van der Waals surface area contributed by atoms with Crippen molar-refractivity contribution >= 4 is 28.6 Å². The summed E-state index contributed by atoms with van der Waals surface area (Å²) in [5, 5.41) is 7.37. The van der Waals surface area contributed by atoms with E-state index in [0.717, 1.165) is 16.7 Å². The molecule has 4 rings (SSSR count). The summed E-state index contributed by atoms with van der Waals surface area (Å²) >= 11 is 0. The number of fused-ring (bicyclic) bond motifs is 1. The van der Waals surface area contributed by atoms with Crippen molar-refractivity contribution in [2.45, 2.75) is 6.54 Å². The number of ether oxygens (including phenoxy) is 1. The summed E-state index contributed by atoms with van der Waals surface area (Å²) in [5.41, 5.74) is 1.90. The van der Waals surface area contributed by atoms with Crippen LogP contribution in [0.2, 0.25) is 0 Å². The molecule has 4 aromatic rings. The number of hydrogen-bond donors (Lipinski definition) is 3. The molecule has 2 aromatic carbocycles. The Balaban J connectivity index is 1.73. The molecule has 26 heavy (non-hydrogen) atoms. The van der Waals surface area contributed by atoms with Crippen molar-refractivity contribution in [3.05, 3.63) is 66.5 Å². The first-order chi connectivity index (χ1) is 12.8. The minimum atomic E-state index is 0.438. The van der Waals surface area contributed by atoms with Crippen molar-refractivity contribution in [1.29, 1.82) is 0 Å². The molecule has 7 nitrogen and oxygen atoms in total. The first-order valence-electron chi connectivity index (χ1n) is 8.22. The average Bonchev–Trinajstić information content (AvgIpc) is 3.19. The van der Waals surface area contributed by atoms with E-state index < -0.39 is 0 Å². The van der Waals surface area contributed by atoms with E-state index in [1.165, 1.54) is 5.56 Å². The largest absolute Gasteiger partial charge is 0.494 e. The van der Waals surface area contributed by atoms with Gasteiger partial charge in [-0.2, -0.15) is 4.98 Å². The first-order valence-corrected chi connectivity index (χ1v) is 8.22. The van der Waals surface area contributed by atoms with Gasteiger partial charge in [0.15, 0.2) is 0 Å². The lowest BCUT2D eigenvalue weighted by Crippen LogP contribution is -2.06. The van der Waals surface area contributed by atoms with Crippen LogP contribution in [-0.4, -0.2) is 27.0 Å². The highest BCUT2D eigenvalue weighted by molar-refractivity contribution is 5.94. The van der Waals surface area contributed by atoms with Gasteiger partial charge >= 0.3 is 0 Å². The standard InChI is InChI=1S/C19H18N6O/c1-26-15-9-5-8-14-16(15)23-19(25-18-20-10-11-21-18)24-17(14)22-12-13-6-3-2-4-7-13/h2-11H,12H2,1H3,(H3,20,21,22,23,24,25). The second kappa shape index (κ2) is 7.10. The highest BCUT2D eigenvalue weighted by Gasteiger charge is 2.12.